The molecule has 3 heterocycles. The number of anilines is 1. The van der Waals surface area contributed by atoms with Crippen molar-refractivity contribution in [2.75, 3.05) is 12.0 Å². The van der Waals surface area contributed by atoms with Crippen molar-refractivity contribution < 1.29 is 14.3 Å². The highest BCUT2D eigenvalue weighted by Crippen LogP contribution is 2.53. The summed E-state index contributed by atoms with van der Waals surface area (Å²) in [4.78, 5) is 43.5. The second-order valence-electron chi connectivity index (χ2n) is 7.01. The monoisotopic (exact) mass is 458 g/mol. The van der Waals surface area contributed by atoms with Crippen LogP contribution in [0.15, 0.2) is 58.4 Å². The first-order chi connectivity index (χ1) is 14.5. The van der Waals surface area contributed by atoms with E-state index in [1.165, 1.54) is 16.7 Å². The highest BCUT2D eigenvalue weighted by Gasteiger charge is 2.56. The third-order valence-electron chi connectivity index (χ3n) is 5.38. The maximum Gasteiger partial charge on any atom is 0.305 e. The van der Waals surface area contributed by atoms with E-state index in [0.29, 0.717) is 21.5 Å². The summed E-state index contributed by atoms with van der Waals surface area (Å²) in [6, 6.07) is 14.0. The number of rotatable bonds is 3. The lowest BCUT2D eigenvalue weighted by Crippen LogP contribution is -2.32. The molecule has 1 fully saturated rings. The number of thiazole rings is 1. The molecular weight excluding hydrogens is 444 g/mol. The van der Waals surface area contributed by atoms with Gasteiger partial charge in [-0.1, -0.05) is 46.8 Å². The van der Waals surface area contributed by atoms with E-state index in [9.17, 15) is 14.4 Å². The number of aromatic amines is 1. The molecule has 1 saturated heterocycles. The molecule has 1 N–H and O–H groups in total. The Morgan fingerprint density at radius 1 is 1.00 bits per heavy atom. The first-order valence-corrected chi connectivity index (χ1v) is 11.2. The van der Waals surface area contributed by atoms with Gasteiger partial charge in [-0.2, -0.15) is 0 Å². The molecule has 5 rings (SSSR count). The third kappa shape index (κ3) is 2.98. The average molecular weight is 459 g/mol. The fraction of sp³-hybridized carbons (Fsp3) is 0.190. The third-order valence-corrected chi connectivity index (χ3v) is 8.04. The molecule has 152 valence electrons. The molecule has 0 spiro atoms. The zero-order chi connectivity index (χ0) is 21.0. The number of ether oxygens (including phenoxy) is 1. The zero-order valence-corrected chi connectivity index (χ0v) is 18.0. The van der Waals surface area contributed by atoms with E-state index in [0.717, 1.165) is 21.8 Å². The van der Waals surface area contributed by atoms with E-state index in [1.54, 1.807) is 31.4 Å². The zero-order valence-electron chi connectivity index (χ0n) is 15.6. The molecule has 3 aromatic rings. The van der Waals surface area contributed by atoms with Crippen LogP contribution >= 0.6 is 34.7 Å². The molecule has 2 aromatic carbocycles. The Bertz CT molecular complexity index is 1200. The number of H-pyrrole nitrogens is 1. The van der Waals surface area contributed by atoms with Crippen LogP contribution in [0.2, 0.25) is 5.02 Å². The summed E-state index contributed by atoms with van der Waals surface area (Å²) < 4.78 is 5.24. The van der Waals surface area contributed by atoms with Crippen molar-refractivity contribution >= 4 is 52.2 Å². The molecule has 6 nitrogen and oxygen atoms in total. The van der Waals surface area contributed by atoms with Crippen LogP contribution in [-0.4, -0.2) is 29.2 Å². The minimum Gasteiger partial charge on any atom is -0.497 e. The Balaban J connectivity index is 1.63. The molecule has 0 saturated carbocycles. The fourth-order valence-electron chi connectivity index (χ4n) is 4.03. The molecule has 0 unspecified atom stereocenters. The number of thioether (sulfide) groups is 1. The van der Waals surface area contributed by atoms with E-state index in [4.69, 9.17) is 16.3 Å². The van der Waals surface area contributed by atoms with Gasteiger partial charge in [0.05, 0.1) is 23.7 Å². The molecule has 1 aromatic heterocycles. The molecule has 2 amide bonds. The SMILES string of the molecule is COc1ccc([C@@H]2c3sc(=O)[nH]c3S[C@@H]3C(=O)N(c4ccc(Cl)cc4)C(=O)[C@@H]23)cc1. The van der Waals surface area contributed by atoms with Gasteiger partial charge in [0.25, 0.3) is 0 Å². The largest absolute Gasteiger partial charge is 0.497 e. The van der Waals surface area contributed by atoms with E-state index in [2.05, 4.69) is 4.98 Å². The summed E-state index contributed by atoms with van der Waals surface area (Å²) in [7, 11) is 1.58. The van der Waals surface area contributed by atoms with Crippen molar-refractivity contribution in [2.45, 2.75) is 16.2 Å². The van der Waals surface area contributed by atoms with Gasteiger partial charge in [0.1, 0.15) is 11.0 Å². The van der Waals surface area contributed by atoms with E-state index in [-0.39, 0.29) is 16.7 Å². The Labute approximate surface area is 184 Å². The first-order valence-electron chi connectivity index (χ1n) is 9.15. The summed E-state index contributed by atoms with van der Waals surface area (Å²) in [5.74, 6) is -0.861. The minimum absolute atomic E-state index is 0.194. The van der Waals surface area contributed by atoms with Crippen LogP contribution in [0.3, 0.4) is 0 Å². The molecular formula is C21H15ClN2O4S2. The van der Waals surface area contributed by atoms with Gasteiger partial charge in [-0.05, 0) is 42.0 Å². The van der Waals surface area contributed by atoms with Crippen molar-refractivity contribution in [1.29, 1.82) is 0 Å². The van der Waals surface area contributed by atoms with E-state index < -0.39 is 17.1 Å². The summed E-state index contributed by atoms with van der Waals surface area (Å²) in [5.41, 5.74) is 1.36. The predicted octanol–water partition coefficient (Wildman–Crippen LogP) is 3.89. The Morgan fingerprint density at radius 3 is 2.37 bits per heavy atom. The number of methoxy groups -OCH3 is 1. The molecule has 0 radical (unpaired) electrons. The number of carbonyl (C=O) groups excluding carboxylic acids is 2. The van der Waals surface area contributed by atoms with Crippen LogP contribution in [0.5, 0.6) is 5.75 Å². The van der Waals surface area contributed by atoms with Gasteiger partial charge in [0.15, 0.2) is 0 Å². The van der Waals surface area contributed by atoms with Gasteiger partial charge in [0.2, 0.25) is 11.8 Å². The van der Waals surface area contributed by atoms with Crippen LogP contribution in [0, 0.1) is 5.92 Å². The number of hydrogen-bond donors (Lipinski definition) is 1. The fourth-order valence-corrected chi connectivity index (χ4v) is 6.67. The average Bonchev–Trinajstić information content (AvgIpc) is 3.24. The number of fused-ring (bicyclic) bond motifs is 2. The maximum absolute atomic E-state index is 13.5. The summed E-state index contributed by atoms with van der Waals surface area (Å²) in [6.07, 6.45) is 0. The Kier molecular flexibility index (Phi) is 4.72. The van der Waals surface area contributed by atoms with Crippen LogP contribution in [-0.2, 0) is 9.59 Å². The molecule has 3 atom stereocenters. The van der Waals surface area contributed by atoms with Crippen LogP contribution in [0.25, 0.3) is 0 Å². The van der Waals surface area contributed by atoms with Crippen LogP contribution in [0.4, 0.5) is 5.69 Å². The maximum atomic E-state index is 13.5. The number of benzene rings is 2. The highest BCUT2D eigenvalue weighted by atomic mass is 35.5. The summed E-state index contributed by atoms with van der Waals surface area (Å²) in [5, 5.41) is 0.574. The number of nitrogens with one attached hydrogen (secondary N) is 1. The highest BCUT2D eigenvalue weighted by molar-refractivity contribution is 8.00. The van der Waals surface area contributed by atoms with Gasteiger partial charge in [-0.25, -0.2) is 4.90 Å². The smallest absolute Gasteiger partial charge is 0.305 e. The quantitative estimate of drug-likeness (QED) is 0.602. The van der Waals surface area contributed by atoms with Gasteiger partial charge in [0, 0.05) is 15.8 Å². The van der Waals surface area contributed by atoms with Crippen molar-refractivity contribution in [3.05, 3.63) is 73.7 Å². The number of hydrogen-bond acceptors (Lipinski definition) is 6. The van der Waals surface area contributed by atoms with E-state index >= 15 is 0 Å². The normalized spacial score (nSPS) is 22.7. The lowest BCUT2D eigenvalue weighted by atomic mass is 9.83. The minimum atomic E-state index is -0.613. The topological polar surface area (TPSA) is 79.5 Å². The Morgan fingerprint density at radius 2 is 1.70 bits per heavy atom. The number of amides is 2. The van der Waals surface area contributed by atoms with Gasteiger partial charge in [-0.15, -0.1) is 0 Å². The number of carbonyl (C=O) groups is 2. The second kappa shape index (κ2) is 7.30. The molecule has 2 aliphatic rings. The standard InChI is InChI=1S/C21H15ClN2O4S2/c1-28-13-8-2-10(3-9-13)14-15-17(29-18-16(14)30-21(27)23-18)20(26)24(19(15)25)12-6-4-11(22)5-7-12/h2-9,14-15,17H,1H3,(H,23,27)/t14-,15-,17-/m0/s1. The number of nitrogens with zero attached hydrogens (tertiary/aromatic N) is 1. The second-order valence-corrected chi connectivity index (χ2v) is 9.61. The Hall–Kier alpha value is -2.55. The summed E-state index contributed by atoms with van der Waals surface area (Å²) >= 11 is 8.32. The number of imide groups is 1. The van der Waals surface area contributed by atoms with Gasteiger partial charge >= 0.3 is 4.87 Å². The van der Waals surface area contributed by atoms with Crippen LogP contribution in [0.1, 0.15) is 16.4 Å². The summed E-state index contributed by atoms with van der Waals surface area (Å²) in [6.45, 7) is 0. The van der Waals surface area contributed by atoms with Crippen molar-refractivity contribution in [3.8, 4) is 5.75 Å². The molecule has 30 heavy (non-hydrogen) atoms. The first kappa shape index (κ1) is 19.4. The molecule has 0 bridgehead atoms. The lowest BCUT2D eigenvalue weighted by molar-refractivity contribution is -0.122. The van der Waals surface area contributed by atoms with E-state index in [1.807, 2.05) is 24.3 Å². The number of aromatic nitrogens is 1. The van der Waals surface area contributed by atoms with Crippen molar-refractivity contribution in [2.24, 2.45) is 5.92 Å². The molecule has 9 heteroatoms. The van der Waals surface area contributed by atoms with Gasteiger partial charge < -0.3 is 9.72 Å². The van der Waals surface area contributed by atoms with Crippen molar-refractivity contribution in [3.63, 3.8) is 0 Å². The van der Waals surface area contributed by atoms with Gasteiger partial charge in [-0.3, -0.25) is 14.4 Å². The molecule has 2 aliphatic heterocycles. The van der Waals surface area contributed by atoms with Crippen LogP contribution < -0.4 is 14.5 Å². The predicted molar refractivity (Wildman–Crippen MR) is 117 cm³/mol. The lowest BCUT2D eigenvalue weighted by Gasteiger charge is -2.29. The van der Waals surface area contributed by atoms with Crippen molar-refractivity contribution in [1.82, 2.24) is 4.98 Å². The molecule has 0 aliphatic carbocycles. The number of halogens is 1.